The molecule has 0 radical (unpaired) electrons. The molecule has 206 valence electrons. The van der Waals surface area contributed by atoms with Gasteiger partial charge in [-0.25, -0.2) is 4.99 Å². The third-order valence-corrected chi connectivity index (χ3v) is 6.70. The van der Waals surface area contributed by atoms with Crippen molar-refractivity contribution in [3.8, 4) is 0 Å². The molecular formula is C27H24F3N7O3. The van der Waals surface area contributed by atoms with Crippen LogP contribution in [0.25, 0.3) is 0 Å². The zero-order valence-corrected chi connectivity index (χ0v) is 21.1. The van der Waals surface area contributed by atoms with Crippen molar-refractivity contribution in [3.05, 3.63) is 83.4 Å². The van der Waals surface area contributed by atoms with E-state index in [1.165, 1.54) is 0 Å². The van der Waals surface area contributed by atoms with Gasteiger partial charge in [0, 0.05) is 24.2 Å². The maximum absolute atomic E-state index is 13.5. The molecule has 0 spiro atoms. The number of anilines is 2. The number of benzene rings is 2. The minimum Gasteiger partial charge on any atom is -0.402 e. The van der Waals surface area contributed by atoms with Crippen molar-refractivity contribution in [1.29, 1.82) is 0 Å². The van der Waals surface area contributed by atoms with Gasteiger partial charge in [-0.05, 0) is 12.1 Å². The molecule has 1 amide bonds. The number of fused-ring (bicyclic) bond motifs is 1. The summed E-state index contributed by atoms with van der Waals surface area (Å²) in [5.41, 5.74) is 3.16. The molecule has 3 aliphatic rings. The number of nitrogens with zero attached hydrogens (tertiary/aromatic N) is 5. The number of hydrogen-bond acceptors (Lipinski definition) is 9. The van der Waals surface area contributed by atoms with Gasteiger partial charge in [0.2, 0.25) is 6.17 Å². The molecule has 1 aromatic heterocycles. The van der Waals surface area contributed by atoms with Gasteiger partial charge < -0.3 is 24.7 Å². The molecule has 1 fully saturated rings. The van der Waals surface area contributed by atoms with E-state index in [1.54, 1.807) is 11.0 Å². The Bertz CT molecular complexity index is 1490. The lowest BCUT2D eigenvalue weighted by atomic mass is 10.0. The average Bonchev–Trinajstić information content (AvgIpc) is 3.38. The van der Waals surface area contributed by atoms with Crippen molar-refractivity contribution < 1.29 is 27.1 Å². The fraction of sp³-hybridized carbons (Fsp3) is 0.296. The second-order valence-electron chi connectivity index (χ2n) is 9.33. The molecule has 3 aromatic rings. The SMILES string of the molecule is O=C1Nc2ccccc2C(c2ccccc2)=NC1Nc1nnc(C2=NCC(C(F)(F)F)C=C2N2CCOCC2)o1. The average molecular weight is 552 g/mol. The van der Waals surface area contributed by atoms with Gasteiger partial charge in [-0.2, -0.15) is 13.2 Å². The van der Waals surface area contributed by atoms with Crippen molar-refractivity contribution in [2.45, 2.75) is 12.3 Å². The van der Waals surface area contributed by atoms with Crippen molar-refractivity contribution in [2.24, 2.45) is 15.9 Å². The van der Waals surface area contributed by atoms with Crippen molar-refractivity contribution in [3.63, 3.8) is 0 Å². The van der Waals surface area contributed by atoms with Gasteiger partial charge >= 0.3 is 12.2 Å². The van der Waals surface area contributed by atoms with Gasteiger partial charge in [0.05, 0.1) is 42.8 Å². The van der Waals surface area contributed by atoms with E-state index in [1.807, 2.05) is 48.5 Å². The van der Waals surface area contributed by atoms with Crippen molar-refractivity contribution in [1.82, 2.24) is 15.1 Å². The lowest BCUT2D eigenvalue weighted by Gasteiger charge is -2.33. The second kappa shape index (κ2) is 10.6. The molecule has 2 atom stereocenters. The number of nitrogens with one attached hydrogen (secondary N) is 2. The predicted octanol–water partition coefficient (Wildman–Crippen LogP) is 3.49. The molecule has 2 unspecified atom stereocenters. The van der Waals surface area contributed by atoms with E-state index in [-0.39, 0.29) is 23.3 Å². The van der Waals surface area contributed by atoms with Crippen LogP contribution in [0.3, 0.4) is 0 Å². The van der Waals surface area contributed by atoms with Gasteiger partial charge in [-0.1, -0.05) is 53.6 Å². The summed E-state index contributed by atoms with van der Waals surface area (Å²) in [6.45, 7) is 1.05. The number of ether oxygens (including phenoxy) is 1. The number of rotatable bonds is 5. The van der Waals surface area contributed by atoms with Crippen LogP contribution in [0, 0.1) is 5.92 Å². The van der Waals surface area contributed by atoms with E-state index < -0.39 is 30.7 Å². The number of aromatic nitrogens is 2. The Morgan fingerprint density at radius 3 is 2.50 bits per heavy atom. The maximum atomic E-state index is 13.5. The number of benzodiazepines with no additional fused rings is 1. The number of carbonyl (C=O) groups is 1. The van der Waals surface area contributed by atoms with Gasteiger partial charge in [0.1, 0.15) is 5.71 Å². The number of halogens is 3. The number of carbonyl (C=O) groups excluding carboxylic acids is 1. The van der Waals surface area contributed by atoms with Gasteiger partial charge in [-0.15, -0.1) is 5.10 Å². The fourth-order valence-corrected chi connectivity index (χ4v) is 4.70. The first-order chi connectivity index (χ1) is 19.4. The number of para-hydroxylation sites is 1. The predicted molar refractivity (Wildman–Crippen MR) is 140 cm³/mol. The normalized spacial score (nSPS) is 21.4. The molecule has 0 saturated carbocycles. The first-order valence-corrected chi connectivity index (χ1v) is 12.7. The maximum Gasteiger partial charge on any atom is 0.397 e. The van der Waals surface area contributed by atoms with Crippen LogP contribution in [0.5, 0.6) is 0 Å². The lowest BCUT2D eigenvalue weighted by Crippen LogP contribution is -2.41. The molecule has 2 aromatic carbocycles. The Labute approximate surface area is 226 Å². The minimum atomic E-state index is -4.44. The summed E-state index contributed by atoms with van der Waals surface area (Å²) < 4.78 is 51.7. The highest BCUT2D eigenvalue weighted by Crippen LogP contribution is 2.33. The Kier molecular flexibility index (Phi) is 6.80. The number of aliphatic imine (C=N–C) groups is 2. The molecule has 6 rings (SSSR count). The molecule has 2 N–H and O–H groups in total. The molecule has 10 nitrogen and oxygen atoms in total. The molecule has 0 aliphatic carbocycles. The Hall–Kier alpha value is -4.52. The van der Waals surface area contributed by atoms with Gasteiger partial charge in [0.15, 0.2) is 0 Å². The molecule has 40 heavy (non-hydrogen) atoms. The van der Waals surface area contributed by atoms with Crippen LogP contribution in [0.15, 0.2) is 80.8 Å². The van der Waals surface area contributed by atoms with Gasteiger partial charge in [-0.3, -0.25) is 9.79 Å². The van der Waals surface area contributed by atoms with Crippen LogP contribution >= 0.6 is 0 Å². The Balaban J connectivity index is 1.30. The van der Waals surface area contributed by atoms with Crippen LogP contribution in [-0.2, 0) is 9.53 Å². The summed E-state index contributed by atoms with van der Waals surface area (Å²) in [5, 5.41) is 13.8. The van der Waals surface area contributed by atoms with E-state index in [0.717, 1.165) is 17.2 Å². The highest BCUT2D eigenvalue weighted by molar-refractivity contribution is 6.19. The van der Waals surface area contributed by atoms with E-state index in [4.69, 9.17) is 9.15 Å². The first kappa shape index (κ1) is 25.7. The summed E-state index contributed by atoms with van der Waals surface area (Å²) in [6.07, 6.45) is -4.42. The smallest absolute Gasteiger partial charge is 0.397 e. The van der Waals surface area contributed by atoms with Gasteiger partial charge in [0.25, 0.3) is 11.8 Å². The summed E-state index contributed by atoms with van der Waals surface area (Å²) in [5.74, 6) is -2.24. The summed E-state index contributed by atoms with van der Waals surface area (Å²) in [7, 11) is 0. The highest BCUT2D eigenvalue weighted by atomic mass is 19.4. The van der Waals surface area contributed by atoms with Crippen molar-refractivity contribution in [2.75, 3.05) is 43.5 Å². The monoisotopic (exact) mass is 551 g/mol. The molecule has 4 heterocycles. The number of hydrogen-bond donors (Lipinski definition) is 2. The van der Waals surface area contributed by atoms with Crippen LogP contribution in [-0.4, -0.2) is 77.6 Å². The summed E-state index contributed by atoms with van der Waals surface area (Å²) in [4.78, 5) is 23.8. The van der Waals surface area contributed by atoms with E-state index in [2.05, 4.69) is 30.8 Å². The Morgan fingerprint density at radius 2 is 1.73 bits per heavy atom. The zero-order valence-electron chi connectivity index (χ0n) is 21.1. The quantitative estimate of drug-likeness (QED) is 0.499. The summed E-state index contributed by atoms with van der Waals surface area (Å²) in [6, 6.07) is 16.6. The van der Waals surface area contributed by atoms with Crippen LogP contribution < -0.4 is 10.6 Å². The molecule has 1 saturated heterocycles. The Morgan fingerprint density at radius 1 is 0.975 bits per heavy atom. The van der Waals surface area contributed by atoms with E-state index >= 15 is 0 Å². The van der Waals surface area contributed by atoms with Crippen molar-refractivity contribution >= 4 is 29.0 Å². The van der Waals surface area contributed by atoms with E-state index in [9.17, 15) is 18.0 Å². The highest BCUT2D eigenvalue weighted by Gasteiger charge is 2.42. The van der Waals surface area contributed by atoms with Crippen LogP contribution in [0.2, 0.25) is 0 Å². The molecule has 3 aliphatic heterocycles. The van der Waals surface area contributed by atoms with E-state index in [0.29, 0.717) is 37.7 Å². The number of allylic oxidation sites excluding steroid dienone is 1. The standard InChI is InChI=1S/C27H24F3N7O3/c28-27(29,30)17-14-20(37-10-12-39-13-11-37)22(31-15-17)25-35-36-26(40-25)34-23-24(38)32-19-9-5-4-8-18(19)21(33-23)16-6-2-1-3-7-16/h1-9,14,17,23H,10-13,15H2,(H,32,38)(H,34,36). The topological polar surface area (TPSA) is 117 Å². The molecular weight excluding hydrogens is 527 g/mol. The minimum absolute atomic E-state index is 0.0644. The van der Waals surface area contributed by atoms with Crippen LogP contribution in [0.4, 0.5) is 24.9 Å². The third kappa shape index (κ3) is 5.19. The second-order valence-corrected chi connectivity index (χ2v) is 9.33. The molecule has 0 bridgehead atoms. The zero-order chi connectivity index (χ0) is 27.7. The number of morpholine rings is 1. The fourth-order valence-electron chi connectivity index (χ4n) is 4.70. The summed E-state index contributed by atoms with van der Waals surface area (Å²) >= 11 is 0. The molecule has 13 heteroatoms. The van der Waals surface area contributed by atoms with Crippen LogP contribution in [0.1, 0.15) is 17.0 Å². The number of alkyl halides is 3. The lowest BCUT2D eigenvalue weighted by molar-refractivity contribution is -0.158. The largest absolute Gasteiger partial charge is 0.402 e. The first-order valence-electron chi connectivity index (χ1n) is 12.7. The number of amides is 1. The number of dihydropyridines is 1. The third-order valence-electron chi connectivity index (χ3n) is 6.70.